The molecule has 204 valence electrons. The van der Waals surface area contributed by atoms with Gasteiger partial charge in [-0.1, -0.05) is 66.5 Å². The average molecular weight is 541 g/mol. The van der Waals surface area contributed by atoms with E-state index < -0.39 is 0 Å². The summed E-state index contributed by atoms with van der Waals surface area (Å²) in [6.45, 7) is 2.23. The first-order valence-corrected chi connectivity index (χ1v) is 15.9. The first-order valence-electron chi connectivity index (χ1n) is 13.5. The summed E-state index contributed by atoms with van der Waals surface area (Å²) in [5.41, 5.74) is 1.02. The van der Waals surface area contributed by atoms with E-state index in [9.17, 15) is 14.4 Å². The van der Waals surface area contributed by atoms with Crippen molar-refractivity contribution in [2.45, 2.75) is 108 Å². The van der Waals surface area contributed by atoms with Gasteiger partial charge in [-0.15, -0.1) is 0 Å². The summed E-state index contributed by atoms with van der Waals surface area (Å²) < 4.78 is 15.6. The van der Waals surface area contributed by atoms with E-state index in [1.165, 1.54) is 39.2 Å². The van der Waals surface area contributed by atoms with Crippen LogP contribution in [-0.2, 0) is 28.6 Å². The summed E-state index contributed by atoms with van der Waals surface area (Å²) in [5.74, 6) is 0.761. The van der Waals surface area contributed by atoms with Crippen molar-refractivity contribution in [3.05, 3.63) is 22.7 Å². The molecule has 1 heterocycles. The minimum absolute atomic E-state index is 0.00181. The van der Waals surface area contributed by atoms with Crippen molar-refractivity contribution in [3.8, 4) is 0 Å². The van der Waals surface area contributed by atoms with Crippen molar-refractivity contribution in [3.63, 3.8) is 0 Å². The third kappa shape index (κ3) is 10.5. The smallest absolute Gasteiger partial charge is 0.305 e. The minimum atomic E-state index is -0.261. The molecule has 0 N–H and O–H groups in total. The van der Waals surface area contributed by atoms with Crippen molar-refractivity contribution in [1.29, 1.82) is 0 Å². The molecule has 36 heavy (non-hydrogen) atoms. The standard InChI is InChI=1S/C28H44O6S2/c1-21-23(26(31)28(33-3)27(32-2)25(21)30)17-10-8-6-4-5-7-9-13-19-34-24(29)18-12-11-15-22-16-14-20-35-36-22/h22H,4-20H2,1-3H3. The first kappa shape index (κ1) is 30.8. The van der Waals surface area contributed by atoms with Crippen LogP contribution in [0.25, 0.3) is 0 Å². The number of hydrogen-bond acceptors (Lipinski definition) is 8. The van der Waals surface area contributed by atoms with Gasteiger partial charge < -0.3 is 14.2 Å². The lowest BCUT2D eigenvalue weighted by atomic mass is 9.89. The Kier molecular flexibility index (Phi) is 15.4. The predicted molar refractivity (Wildman–Crippen MR) is 148 cm³/mol. The topological polar surface area (TPSA) is 78.9 Å². The Morgan fingerprint density at radius 2 is 1.50 bits per heavy atom. The molecule has 1 unspecified atom stereocenters. The fraction of sp³-hybridized carbons (Fsp3) is 0.750. The van der Waals surface area contributed by atoms with E-state index in [4.69, 9.17) is 14.2 Å². The van der Waals surface area contributed by atoms with E-state index in [1.807, 2.05) is 21.6 Å². The van der Waals surface area contributed by atoms with E-state index in [1.54, 1.807) is 6.92 Å². The highest BCUT2D eigenvalue weighted by Gasteiger charge is 2.34. The van der Waals surface area contributed by atoms with Crippen LogP contribution in [0.2, 0.25) is 0 Å². The van der Waals surface area contributed by atoms with Gasteiger partial charge in [-0.2, -0.15) is 0 Å². The molecule has 8 heteroatoms. The highest BCUT2D eigenvalue weighted by atomic mass is 33.1. The number of ketones is 2. The summed E-state index contributed by atoms with van der Waals surface area (Å²) in [5, 5.41) is 0.777. The van der Waals surface area contributed by atoms with Crippen LogP contribution in [0.1, 0.15) is 103 Å². The molecule has 1 fully saturated rings. The van der Waals surface area contributed by atoms with Crippen molar-refractivity contribution in [2.24, 2.45) is 0 Å². The number of ether oxygens (including phenoxy) is 3. The van der Waals surface area contributed by atoms with Gasteiger partial charge in [0, 0.05) is 28.6 Å². The average Bonchev–Trinajstić information content (AvgIpc) is 2.89. The molecule has 1 saturated heterocycles. The highest BCUT2D eigenvalue weighted by molar-refractivity contribution is 8.77. The fourth-order valence-corrected chi connectivity index (χ4v) is 7.51. The molecule has 0 spiro atoms. The van der Waals surface area contributed by atoms with Crippen LogP contribution in [-0.4, -0.2) is 49.4 Å². The monoisotopic (exact) mass is 540 g/mol. The van der Waals surface area contributed by atoms with E-state index in [-0.39, 0.29) is 29.1 Å². The molecule has 0 aromatic carbocycles. The van der Waals surface area contributed by atoms with Gasteiger partial charge in [0.05, 0.1) is 20.8 Å². The number of Topliss-reactive ketones (excluding diaryl/α,β-unsaturated/α-hetero) is 2. The Hall–Kier alpha value is -1.41. The molecule has 0 amide bonds. The Morgan fingerprint density at radius 1 is 0.861 bits per heavy atom. The molecule has 1 atom stereocenters. The molecule has 0 saturated carbocycles. The number of esters is 1. The van der Waals surface area contributed by atoms with Gasteiger partial charge >= 0.3 is 5.97 Å². The van der Waals surface area contributed by atoms with Crippen LogP contribution in [0.4, 0.5) is 0 Å². The van der Waals surface area contributed by atoms with Crippen molar-refractivity contribution in [1.82, 2.24) is 0 Å². The van der Waals surface area contributed by atoms with Gasteiger partial charge in [0.15, 0.2) is 0 Å². The summed E-state index contributed by atoms with van der Waals surface area (Å²) in [6.07, 6.45) is 15.6. The lowest BCUT2D eigenvalue weighted by molar-refractivity contribution is -0.143. The molecule has 2 rings (SSSR count). The number of rotatable bonds is 18. The van der Waals surface area contributed by atoms with Crippen LogP contribution in [0.15, 0.2) is 22.7 Å². The Balaban J connectivity index is 1.43. The lowest BCUT2D eigenvalue weighted by Crippen LogP contribution is -2.25. The number of methoxy groups -OCH3 is 2. The maximum absolute atomic E-state index is 12.6. The second-order valence-corrected chi connectivity index (χ2v) is 12.3. The van der Waals surface area contributed by atoms with Gasteiger partial charge in [-0.3, -0.25) is 14.4 Å². The minimum Gasteiger partial charge on any atom is -0.489 e. The van der Waals surface area contributed by atoms with E-state index in [2.05, 4.69) is 0 Å². The molecule has 2 aliphatic rings. The van der Waals surface area contributed by atoms with Crippen LogP contribution in [0, 0.1) is 0 Å². The SMILES string of the molecule is COC1=C(OC)C(=O)C(CCCCCCCCCCOC(=O)CCCCC2CCCSS2)=C(C)C1=O. The van der Waals surface area contributed by atoms with Crippen LogP contribution < -0.4 is 0 Å². The maximum Gasteiger partial charge on any atom is 0.305 e. The number of carbonyl (C=O) groups is 3. The molecule has 6 nitrogen and oxygen atoms in total. The summed E-state index contributed by atoms with van der Waals surface area (Å²) in [7, 11) is 6.78. The van der Waals surface area contributed by atoms with Crippen LogP contribution >= 0.6 is 21.6 Å². The van der Waals surface area contributed by atoms with Crippen LogP contribution in [0.5, 0.6) is 0 Å². The maximum atomic E-state index is 12.6. The Morgan fingerprint density at radius 3 is 2.14 bits per heavy atom. The van der Waals surface area contributed by atoms with Crippen molar-refractivity contribution < 1.29 is 28.6 Å². The number of carbonyl (C=O) groups excluding carboxylic acids is 3. The zero-order valence-corrected chi connectivity index (χ0v) is 24.0. The number of unbranched alkanes of at least 4 members (excludes halogenated alkanes) is 8. The second kappa shape index (κ2) is 17.9. The highest BCUT2D eigenvalue weighted by Crippen LogP contribution is 2.38. The summed E-state index contributed by atoms with van der Waals surface area (Å²) in [6, 6.07) is 0. The number of allylic oxidation sites excluding steroid dienone is 2. The van der Waals surface area contributed by atoms with Gasteiger partial charge in [-0.25, -0.2) is 0 Å². The summed E-state index contributed by atoms with van der Waals surface area (Å²) >= 11 is 0. The van der Waals surface area contributed by atoms with Crippen molar-refractivity contribution in [2.75, 3.05) is 26.6 Å². The number of hydrogen-bond donors (Lipinski definition) is 0. The zero-order chi connectivity index (χ0) is 26.2. The molecule has 0 aromatic rings. The molecular weight excluding hydrogens is 496 g/mol. The Labute approximate surface area is 225 Å². The quantitative estimate of drug-likeness (QED) is 0.0787. The molecule has 1 aliphatic heterocycles. The zero-order valence-electron chi connectivity index (χ0n) is 22.4. The summed E-state index contributed by atoms with van der Waals surface area (Å²) in [4.78, 5) is 36.9. The van der Waals surface area contributed by atoms with E-state index >= 15 is 0 Å². The molecular formula is C28H44O6S2. The Bertz CT molecular complexity index is 783. The second-order valence-electron chi connectivity index (χ2n) is 9.56. The largest absolute Gasteiger partial charge is 0.489 e. The normalized spacial score (nSPS) is 18.6. The van der Waals surface area contributed by atoms with Gasteiger partial charge in [0.25, 0.3) is 0 Å². The van der Waals surface area contributed by atoms with E-state index in [0.717, 1.165) is 69.5 Å². The lowest BCUT2D eigenvalue weighted by Gasteiger charge is -2.20. The fourth-order valence-electron chi connectivity index (χ4n) is 4.61. The van der Waals surface area contributed by atoms with Gasteiger partial charge in [0.1, 0.15) is 0 Å². The molecule has 0 aromatic heterocycles. The van der Waals surface area contributed by atoms with Crippen molar-refractivity contribution >= 4 is 39.1 Å². The molecule has 0 bridgehead atoms. The van der Waals surface area contributed by atoms with Gasteiger partial charge in [-0.05, 0) is 51.9 Å². The molecule has 0 radical (unpaired) electrons. The van der Waals surface area contributed by atoms with Crippen LogP contribution in [0.3, 0.4) is 0 Å². The van der Waals surface area contributed by atoms with E-state index in [0.29, 0.717) is 30.6 Å². The first-order chi connectivity index (χ1) is 17.5. The third-order valence-corrected chi connectivity index (χ3v) is 9.85. The molecule has 1 aliphatic carbocycles. The van der Waals surface area contributed by atoms with Gasteiger partial charge in [0.2, 0.25) is 23.1 Å². The predicted octanol–water partition coefficient (Wildman–Crippen LogP) is 7.12. The third-order valence-electron chi connectivity index (χ3n) is 6.79.